The van der Waals surface area contributed by atoms with Crippen LogP contribution in [0.5, 0.6) is 0 Å². The first kappa shape index (κ1) is 23.4. The third-order valence-electron chi connectivity index (χ3n) is 7.26. The highest BCUT2D eigenvalue weighted by atomic mass is 32.2. The van der Waals surface area contributed by atoms with Crippen molar-refractivity contribution in [2.75, 3.05) is 39.4 Å². The molecule has 5 heterocycles. The highest BCUT2D eigenvalue weighted by molar-refractivity contribution is 7.89. The Morgan fingerprint density at radius 1 is 0.941 bits per heavy atom. The van der Waals surface area contributed by atoms with Crippen LogP contribution in [0.25, 0.3) is 0 Å². The molecule has 3 aliphatic heterocycles. The maximum atomic E-state index is 13.2. The highest BCUT2D eigenvalue weighted by Gasteiger charge is 2.39. The summed E-state index contributed by atoms with van der Waals surface area (Å²) in [6, 6.07) is 0. The number of likely N-dealkylation sites (tertiary alicyclic amines) is 1. The summed E-state index contributed by atoms with van der Waals surface area (Å²) in [7, 11) is -3.68. The van der Waals surface area contributed by atoms with Crippen molar-refractivity contribution in [1.82, 2.24) is 24.5 Å². The van der Waals surface area contributed by atoms with Crippen LogP contribution in [0.2, 0.25) is 0 Å². The van der Waals surface area contributed by atoms with E-state index < -0.39 is 10.0 Å². The summed E-state index contributed by atoms with van der Waals surface area (Å²) in [6.07, 6.45) is 3.59. The third-order valence-corrected chi connectivity index (χ3v) is 9.41. The van der Waals surface area contributed by atoms with E-state index >= 15 is 0 Å². The number of amides is 1. The lowest BCUT2D eigenvalue weighted by Gasteiger charge is -2.32. The van der Waals surface area contributed by atoms with Crippen molar-refractivity contribution in [3.8, 4) is 0 Å². The van der Waals surface area contributed by atoms with Gasteiger partial charge in [-0.05, 0) is 46.0 Å². The number of hydrogen-bond acceptors (Lipinski definition) is 9. The molecule has 2 aromatic heterocycles. The zero-order chi connectivity index (χ0) is 23.9. The van der Waals surface area contributed by atoms with Crippen LogP contribution in [0.1, 0.15) is 67.1 Å². The first-order valence-corrected chi connectivity index (χ1v) is 13.4. The molecule has 1 unspecified atom stereocenters. The molecule has 0 aromatic carbocycles. The maximum Gasteiger partial charge on any atom is 0.248 e. The Morgan fingerprint density at radius 2 is 1.68 bits per heavy atom. The lowest BCUT2D eigenvalue weighted by atomic mass is 9.96. The molecule has 2 aromatic rings. The fraction of sp³-hybridized carbons (Fsp3) is 0.727. The van der Waals surface area contributed by atoms with E-state index in [1.165, 1.54) is 4.31 Å². The van der Waals surface area contributed by atoms with Gasteiger partial charge in [-0.25, -0.2) is 8.42 Å². The summed E-state index contributed by atoms with van der Waals surface area (Å²) in [4.78, 5) is 19.8. The van der Waals surface area contributed by atoms with Crippen molar-refractivity contribution < 1.29 is 27.0 Å². The minimum atomic E-state index is -3.68. The van der Waals surface area contributed by atoms with Crippen molar-refractivity contribution in [2.24, 2.45) is 5.92 Å². The Labute approximate surface area is 198 Å². The normalized spacial score (nSPS) is 23.6. The third kappa shape index (κ3) is 4.38. The summed E-state index contributed by atoms with van der Waals surface area (Å²) in [5, 5.41) is 7.96. The van der Waals surface area contributed by atoms with Crippen molar-refractivity contribution in [2.45, 2.75) is 62.7 Å². The van der Waals surface area contributed by atoms with Crippen molar-refractivity contribution in [3.05, 3.63) is 23.2 Å². The molecule has 3 saturated heterocycles. The van der Waals surface area contributed by atoms with Crippen molar-refractivity contribution in [1.29, 1.82) is 0 Å². The number of carbonyl (C=O) groups is 1. The van der Waals surface area contributed by atoms with Gasteiger partial charge in [0.2, 0.25) is 21.8 Å². The number of aromatic nitrogens is 3. The zero-order valence-corrected chi connectivity index (χ0v) is 20.4. The Hall–Kier alpha value is -2.31. The van der Waals surface area contributed by atoms with Crippen LogP contribution in [0.15, 0.2) is 13.9 Å². The van der Waals surface area contributed by atoms with Crippen molar-refractivity contribution in [3.63, 3.8) is 0 Å². The topological polar surface area (TPSA) is 132 Å². The SMILES string of the molecule is Cc1noc(C)c1S(=O)(=O)N1CCC(C(=O)N2CCC(c3nc(C4CCOCC4)no3)C2)CC1. The first-order chi connectivity index (χ1) is 16.3. The molecule has 34 heavy (non-hydrogen) atoms. The summed E-state index contributed by atoms with van der Waals surface area (Å²) in [5.74, 6) is 1.87. The van der Waals surface area contributed by atoms with Gasteiger partial charge < -0.3 is 18.7 Å². The van der Waals surface area contributed by atoms with Gasteiger partial charge in [0.1, 0.15) is 10.6 Å². The quantitative estimate of drug-likeness (QED) is 0.613. The largest absolute Gasteiger partial charge is 0.381 e. The average Bonchev–Trinajstić information content (AvgIpc) is 3.59. The number of ether oxygens (including phenoxy) is 1. The van der Waals surface area contributed by atoms with E-state index in [2.05, 4.69) is 15.3 Å². The predicted molar refractivity (Wildman–Crippen MR) is 118 cm³/mol. The fourth-order valence-electron chi connectivity index (χ4n) is 5.27. The van der Waals surface area contributed by atoms with Crippen LogP contribution in [-0.4, -0.2) is 78.2 Å². The minimum absolute atomic E-state index is 0.0463. The Bertz CT molecular complexity index is 1110. The first-order valence-electron chi connectivity index (χ1n) is 12.0. The second kappa shape index (κ2) is 9.38. The number of piperidine rings is 1. The number of aryl methyl sites for hydroxylation is 2. The molecule has 0 bridgehead atoms. The van der Waals surface area contributed by atoms with Crippen molar-refractivity contribution >= 4 is 15.9 Å². The monoisotopic (exact) mass is 493 g/mol. The Balaban J connectivity index is 1.16. The van der Waals surface area contributed by atoms with E-state index in [9.17, 15) is 13.2 Å². The van der Waals surface area contributed by atoms with Gasteiger partial charge in [-0.2, -0.15) is 9.29 Å². The predicted octanol–water partition coefficient (Wildman–Crippen LogP) is 1.99. The van der Waals surface area contributed by atoms with E-state index in [0.29, 0.717) is 56.4 Å². The molecule has 1 amide bonds. The molecular weight excluding hydrogens is 462 g/mol. The van der Waals surface area contributed by atoms with Gasteiger partial charge in [0, 0.05) is 51.2 Å². The summed E-state index contributed by atoms with van der Waals surface area (Å²) < 4.78 is 43.5. The molecule has 3 aliphatic rings. The summed E-state index contributed by atoms with van der Waals surface area (Å²) in [6.45, 7) is 6.48. The average molecular weight is 494 g/mol. The molecule has 3 fully saturated rings. The van der Waals surface area contributed by atoms with Crippen LogP contribution < -0.4 is 0 Å². The smallest absolute Gasteiger partial charge is 0.248 e. The number of carbonyl (C=O) groups excluding carboxylic acids is 1. The van der Waals surface area contributed by atoms with Crippen LogP contribution >= 0.6 is 0 Å². The molecule has 0 radical (unpaired) electrons. The lowest BCUT2D eigenvalue weighted by Crippen LogP contribution is -2.44. The van der Waals surface area contributed by atoms with Gasteiger partial charge >= 0.3 is 0 Å². The van der Waals surface area contributed by atoms with Gasteiger partial charge in [-0.15, -0.1) is 0 Å². The van der Waals surface area contributed by atoms with E-state index in [4.69, 9.17) is 13.8 Å². The molecule has 186 valence electrons. The number of sulfonamides is 1. The van der Waals surface area contributed by atoms with E-state index in [1.54, 1.807) is 13.8 Å². The molecule has 0 saturated carbocycles. The van der Waals surface area contributed by atoms with Gasteiger partial charge in [0.25, 0.3) is 0 Å². The van der Waals surface area contributed by atoms with E-state index in [0.717, 1.165) is 38.3 Å². The standard InChI is InChI=1S/C22H31N5O6S/c1-14-19(15(2)32-24-14)34(29,30)27-9-4-17(5-10-27)22(28)26-8-3-18(13-26)21-23-20(25-33-21)16-6-11-31-12-7-16/h16-18H,3-13H2,1-2H3. The van der Waals surface area contributed by atoms with Gasteiger partial charge in [-0.3, -0.25) is 4.79 Å². The molecular formula is C22H31N5O6S. The summed E-state index contributed by atoms with van der Waals surface area (Å²) in [5.41, 5.74) is 0.361. The Morgan fingerprint density at radius 3 is 2.35 bits per heavy atom. The Kier molecular flexibility index (Phi) is 6.47. The molecule has 12 heteroatoms. The molecule has 0 spiro atoms. The lowest BCUT2D eigenvalue weighted by molar-refractivity contribution is -0.135. The second-order valence-corrected chi connectivity index (χ2v) is 11.4. The van der Waals surface area contributed by atoms with Crippen LogP contribution in [0.4, 0.5) is 0 Å². The van der Waals surface area contributed by atoms with Crippen LogP contribution in [-0.2, 0) is 19.6 Å². The highest BCUT2D eigenvalue weighted by Crippen LogP contribution is 2.33. The second-order valence-electron chi connectivity index (χ2n) is 9.48. The number of nitrogens with zero attached hydrogens (tertiary/aromatic N) is 5. The maximum absolute atomic E-state index is 13.2. The van der Waals surface area contributed by atoms with E-state index in [-0.39, 0.29) is 28.6 Å². The summed E-state index contributed by atoms with van der Waals surface area (Å²) >= 11 is 0. The van der Waals surface area contributed by atoms with E-state index in [1.807, 2.05) is 4.90 Å². The van der Waals surface area contributed by atoms with Gasteiger partial charge in [0.05, 0.1) is 5.92 Å². The minimum Gasteiger partial charge on any atom is -0.381 e. The molecule has 0 aliphatic carbocycles. The zero-order valence-electron chi connectivity index (χ0n) is 19.6. The fourth-order valence-corrected chi connectivity index (χ4v) is 7.03. The van der Waals surface area contributed by atoms with Crippen LogP contribution in [0, 0.1) is 19.8 Å². The van der Waals surface area contributed by atoms with Crippen LogP contribution in [0.3, 0.4) is 0 Å². The molecule has 0 N–H and O–H groups in total. The van der Waals surface area contributed by atoms with Gasteiger partial charge in [0.15, 0.2) is 11.6 Å². The molecule has 1 atom stereocenters. The molecule has 11 nitrogen and oxygen atoms in total. The van der Waals surface area contributed by atoms with Gasteiger partial charge in [-0.1, -0.05) is 10.3 Å². The number of rotatable bonds is 5. The molecule has 5 rings (SSSR count). The number of hydrogen-bond donors (Lipinski definition) is 0.